The van der Waals surface area contributed by atoms with Crippen LogP contribution in [-0.2, 0) is 0 Å². The van der Waals surface area contributed by atoms with Gasteiger partial charge in [0.25, 0.3) is 8.32 Å². The summed E-state index contributed by atoms with van der Waals surface area (Å²) in [6.07, 6.45) is 0. The van der Waals surface area contributed by atoms with E-state index in [1.165, 1.54) is 0 Å². The molecule has 0 atom stereocenters. The quantitative estimate of drug-likeness (QED) is 0.337. The van der Waals surface area contributed by atoms with Gasteiger partial charge in [0.2, 0.25) is 0 Å². The van der Waals surface area contributed by atoms with E-state index in [-0.39, 0.29) is 11.7 Å². The van der Waals surface area contributed by atoms with Crippen LogP contribution in [0.1, 0.15) is 65.7 Å². The van der Waals surface area contributed by atoms with Crippen molar-refractivity contribution in [2.24, 2.45) is 5.92 Å². The van der Waals surface area contributed by atoms with Crippen molar-refractivity contribution in [2.45, 2.75) is 72.0 Å². The van der Waals surface area contributed by atoms with Gasteiger partial charge in [-0.3, -0.25) is 4.79 Å². The third-order valence-corrected chi connectivity index (χ3v) is 11.9. The van der Waals surface area contributed by atoms with E-state index in [1.807, 2.05) is 32.0 Å². The van der Waals surface area contributed by atoms with Crippen molar-refractivity contribution in [2.75, 3.05) is 0 Å². The van der Waals surface area contributed by atoms with Crippen LogP contribution in [0.15, 0.2) is 48.5 Å². The topological polar surface area (TPSA) is 26.3 Å². The molecule has 0 spiro atoms. The molecule has 0 aliphatic heterocycles. The molecular weight excluding hydrogens is 360 g/mol. The molecule has 2 nitrogen and oxygen atoms in total. The molecular formula is C25H36O2Si. The molecule has 152 valence electrons. The van der Waals surface area contributed by atoms with Crippen molar-refractivity contribution in [3.63, 3.8) is 0 Å². The fraction of sp³-hybridized carbons (Fsp3) is 0.480. The van der Waals surface area contributed by atoms with Crippen molar-refractivity contribution >= 4 is 14.1 Å². The molecule has 0 radical (unpaired) electrons. The molecule has 0 saturated carbocycles. The Hall–Kier alpha value is -1.87. The fourth-order valence-corrected chi connectivity index (χ4v) is 9.71. The second-order valence-electron chi connectivity index (χ2n) is 9.04. The van der Waals surface area contributed by atoms with Gasteiger partial charge in [-0.05, 0) is 45.9 Å². The van der Waals surface area contributed by atoms with Gasteiger partial charge in [0.15, 0.2) is 5.78 Å². The van der Waals surface area contributed by atoms with Gasteiger partial charge in [0, 0.05) is 11.5 Å². The van der Waals surface area contributed by atoms with E-state index in [4.69, 9.17) is 4.43 Å². The molecule has 28 heavy (non-hydrogen) atoms. The lowest BCUT2D eigenvalue weighted by Crippen LogP contribution is -2.50. The average molecular weight is 397 g/mol. The molecule has 0 aliphatic carbocycles. The Morgan fingerprint density at radius 2 is 1.29 bits per heavy atom. The second-order valence-corrected chi connectivity index (χ2v) is 14.4. The van der Waals surface area contributed by atoms with E-state index < -0.39 is 8.32 Å². The molecule has 0 unspecified atom stereocenters. The minimum atomic E-state index is -1.95. The van der Waals surface area contributed by atoms with E-state index in [9.17, 15) is 4.79 Å². The highest BCUT2D eigenvalue weighted by atomic mass is 28.4. The summed E-state index contributed by atoms with van der Waals surface area (Å²) >= 11 is 0. The van der Waals surface area contributed by atoms with E-state index in [1.54, 1.807) is 0 Å². The lowest BCUT2D eigenvalue weighted by Gasteiger charge is -2.42. The Morgan fingerprint density at radius 1 is 0.750 bits per heavy atom. The van der Waals surface area contributed by atoms with Crippen molar-refractivity contribution in [3.05, 3.63) is 54.1 Å². The predicted molar refractivity (Wildman–Crippen MR) is 123 cm³/mol. The third-order valence-electron chi connectivity index (χ3n) is 5.86. The van der Waals surface area contributed by atoms with Crippen LogP contribution in [-0.4, -0.2) is 14.1 Å². The molecule has 0 aromatic heterocycles. The van der Waals surface area contributed by atoms with Crippen LogP contribution in [0.2, 0.25) is 16.6 Å². The number of rotatable bonds is 8. The first kappa shape index (κ1) is 22.4. The average Bonchev–Trinajstić information content (AvgIpc) is 2.65. The molecule has 0 fully saturated rings. The normalized spacial score (nSPS) is 12.3. The first-order valence-electron chi connectivity index (χ1n) is 10.5. The maximum absolute atomic E-state index is 12.3. The highest BCUT2D eigenvalue weighted by Gasteiger charge is 2.46. The van der Waals surface area contributed by atoms with E-state index >= 15 is 0 Å². The van der Waals surface area contributed by atoms with Crippen LogP contribution in [0.25, 0.3) is 11.1 Å². The number of Topliss-reactive ketones (excluding diaryl/α,β-unsaturated/α-hetero) is 1. The number of ketones is 1. The van der Waals surface area contributed by atoms with Crippen LogP contribution >= 0.6 is 0 Å². The van der Waals surface area contributed by atoms with Gasteiger partial charge in [-0.15, -0.1) is 0 Å². The van der Waals surface area contributed by atoms with Crippen LogP contribution < -0.4 is 4.43 Å². The van der Waals surface area contributed by atoms with Gasteiger partial charge in [0.1, 0.15) is 5.75 Å². The molecule has 0 aliphatic rings. The van der Waals surface area contributed by atoms with Gasteiger partial charge in [-0.2, -0.15) is 0 Å². The molecule has 0 bridgehead atoms. The Balaban J connectivity index is 2.31. The maximum atomic E-state index is 12.3. The van der Waals surface area contributed by atoms with Crippen LogP contribution in [0, 0.1) is 5.92 Å². The smallest absolute Gasteiger partial charge is 0.258 e. The van der Waals surface area contributed by atoms with Crippen molar-refractivity contribution < 1.29 is 9.22 Å². The first-order chi connectivity index (χ1) is 13.1. The molecule has 0 saturated heterocycles. The Bertz CT molecular complexity index is 767. The van der Waals surface area contributed by atoms with Crippen LogP contribution in [0.4, 0.5) is 0 Å². The summed E-state index contributed by atoms with van der Waals surface area (Å²) in [6.45, 7) is 17.7. The summed E-state index contributed by atoms with van der Waals surface area (Å²) in [5, 5.41) is 0. The molecule has 3 heteroatoms. The molecule has 0 N–H and O–H groups in total. The number of hydrogen-bond acceptors (Lipinski definition) is 2. The third kappa shape index (κ3) is 4.57. The standard InChI is InChI=1S/C25H36O2Si/c1-17(2)25(26)23-11-9-10-22(16-23)21-12-14-24(15-13-21)27-28(18(3)4,19(5)6)20(7)8/h9-20H,1-8H3. The summed E-state index contributed by atoms with van der Waals surface area (Å²) in [7, 11) is -1.95. The van der Waals surface area contributed by atoms with Gasteiger partial charge in [-0.1, -0.05) is 85.7 Å². The van der Waals surface area contributed by atoms with E-state index in [0.717, 1.165) is 22.4 Å². The largest absolute Gasteiger partial charge is 0.543 e. The Kier molecular flexibility index (Phi) is 7.27. The highest BCUT2D eigenvalue weighted by Crippen LogP contribution is 2.42. The number of carbonyl (C=O) groups excluding carboxylic acids is 1. The highest BCUT2D eigenvalue weighted by molar-refractivity contribution is 6.78. The van der Waals surface area contributed by atoms with Crippen molar-refractivity contribution in [1.29, 1.82) is 0 Å². The summed E-state index contributed by atoms with van der Waals surface area (Å²) in [5.74, 6) is 1.15. The SMILES string of the molecule is CC(C)C(=O)c1cccc(-c2ccc(O[Si](C(C)C)(C(C)C)C(C)C)cc2)c1. The molecule has 0 amide bonds. The van der Waals surface area contributed by atoms with Crippen molar-refractivity contribution in [1.82, 2.24) is 0 Å². The van der Waals surface area contributed by atoms with Crippen LogP contribution in [0.5, 0.6) is 5.75 Å². The van der Waals surface area contributed by atoms with Gasteiger partial charge < -0.3 is 4.43 Å². The predicted octanol–water partition coefficient (Wildman–Crippen LogP) is 7.75. The zero-order valence-electron chi connectivity index (χ0n) is 18.7. The van der Waals surface area contributed by atoms with Crippen molar-refractivity contribution in [3.8, 4) is 16.9 Å². The summed E-state index contributed by atoms with van der Waals surface area (Å²) in [5.41, 5.74) is 4.59. The maximum Gasteiger partial charge on any atom is 0.258 e. The molecule has 2 aromatic rings. The van der Waals surface area contributed by atoms with Gasteiger partial charge >= 0.3 is 0 Å². The van der Waals surface area contributed by atoms with Gasteiger partial charge in [-0.25, -0.2) is 0 Å². The van der Waals surface area contributed by atoms with Gasteiger partial charge in [0.05, 0.1) is 0 Å². The van der Waals surface area contributed by atoms with E-state index in [2.05, 4.69) is 71.9 Å². The number of carbonyl (C=O) groups is 1. The number of hydrogen-bond donors (Lipinski definition) is 0. The minimum absolute atomic E-state index is 0.00667. The number of benzene rings is 2. The second kappa shape index (κ2) is 9.08. The van der Waals surface area contributed by atoms with E-state index in [0.29, 0.717) is 16.6 Å². The summed E-state index contributed by atoms with van der Waals surface area (Å²) in [6, 6.07) is 16.3. The lowest BCUT2D eigenvalue weighted by atomic mass is 9.97. The zero-order valence-corrected chi connectivity index (χ0v) is 19.7. The summed E-state index contributed by atoms with van der Waals surface area (Å²) in [4.78, 5) is 12.3. The monoisotopic (exact) mass is 396 g/mol. The molecule has 2 rings (SSSR count). The summed E-state index contributed by atoms with van der Waals surface area (Å²) < 4.78 is 6.76. The fourth-order valence-electron chi connectivity index (χ4n) is 4.46. The first-order valence-corrected chi connectivity index (χ1v) is 12.7. The van der Waals surface area contributed by atoms with Crippen LogP contribution in [0.3, 0.4) is 0 Å². The molecule has 2 aromatic carbocycles. The molecule has 0 heterocycles. The Labute approximate surface area is 172 Å². The zero-order chi connectivity index (χ0) is 21.1. The minimum Gasteiger partial charge on any atom is -0.543 e. The lowest BCUT2D eigenvalue weighted by molar-refractivity contribution is 0.0939. The Morgan fingerprint density at radius 3 is 1.75 bits per heavy atom.